The molecular formula is C10H12O4. The molecule has 0 spiro atoms. The fourth-order valence-electron chi connectivity index (χ4n) is 1.74. The van der Waals surface area contributed by atoms with Crippen molar-refractivity contribution in [3.05, 3.63) is 12.3 Å². The number of rotatable bonds is 1. The molecule has 0 aromatic heterocycles. The van der Waals surface area contributed by atoms with Crippen LogP contribution in [0.3, 0.4) is 0 Å². The van der Waals surface area contributed by atoms with E-state index in [-0.39, 0.29) is 18.0 Å². The minimum atomic E-state index is -1.000. The zero-order valence-corrected chi connectivity index (χ0v) is 8.15. The van der Waals surface area contributed by atoms with Crippen LogP contribution in [0.25, 0.3) is 0 Å². The maximum absolute atomic E-state index is 11.5. The average Bonchev–Trinajstić information content (AvgIpc) is 2.61. The summed E-state index contributed by atoms with van der Waals surface area (Å²) in [6.07, 6.45) is 2.11. The number of ketones is 2. The van der Waals surface area contributed by atoms with Crippen molar-refractivity contribution in [1.82, 2.24) is 0 Å². The molecule has 0 amide bonds. The van der Waals surface area contributed by atoms with Crippen molar-refractivity contribution in [2.45, 2.75) is 38.1 Å². The summed E-state index contributed by atoms with van der Waals surface area (Å²) in [7, 11) is 0. The Bertz CT molecular complexity index is 320. The Hall–Kier alpha value is -1.16. The Balaban J connectivity index is 2.17. The van der Waals surface area contributed by atoms with E-state index in [4.69, 9.17) is 9.47 Å². The highest BCUT2D eigenvalue weighted by atomic mass is 16.6. The van der Waals surface area contributed by atoms with Gasteiger partial charge in [-0.25, -0.2) is 0 Å². The molecule has 4 nitrogen and oxygen atoms in total. The van der Waals surface area contributed by atoms with Gasteiger partial charge in [0.1, 0.15) is 12.2 Å². The second-order valence-electron chi connectivity index (χ2n) is 3.83. The summed E-state index contributed by atoms with van der Waals surface area (Å²) >= 11 is 0. The lowest BCUT2D eigenvalue weighted by Gasteiger charge is -2.27. The van der Waals surface area contributed by atoms with Gasteiger partial charge in [-0.1, -0.05) is 0 Å². The summed E-state index contributed by atoms with van der Waals surface area (Å²) in [4.78, 5) is 22.8. The van der Waals surface area contributed by atoms with Gasteiger partial charge in [0.25, 0.3) is 0 Å². The smallest absolute Gasteiger partial charge is 0.204 e. The molecule has 1 fully saturated rings. The van der Waals surface area contributed by atoms with Gasteiger partial charge < -0.3 is 9.47 Å². The first kappa shape index (κ1) is 9.40. The van der Waals surface area contributed by atoms with Gasteiger partial charge in [-0.05, 0) is 13.8 Å². The van der Waals surface area contributed by atoms with Crippen LogP contribution in [-0.4, -0.2) is 29.4 Å². The lowest BCUT2D eigenvalue weighted by molar-refractivity contribution is -0.143. The van der Waals surface area contributed by atoms with Crippen LogP contribution in [0.1, 0.15) is 20.3 Å². The molecule has 4 heteroatoms. The third kappa shape index (κ3) is 1.18. The van der Waals surface area contributed by atoms with Gasteiger partial charge in [-0.2, -0.15) is 0 Å². The number of carbonyl (C=O) groups is 2. The number of hydrogen-bond donors (Lipinski definition) is 0. The molecule has 0 aromatic rings. The molecule has 2 aliphatic heterocycles. The van der Waals surface area contributed by atoms with Crippen LogP contribution >= 0.6 is 0 Å². The summed E-state index contributed by atoms with van der Waals surface area (Å²) in [5.74, 6) is -0.107. The van der Waals surface area contributed by atoms with Crippen LogP contribution in [0.2, 0.25) is 0 Å². The highest BCUT2D eigenvalue weighted by Crippen LogP contribution is 2.32. The van der Waals surface area contributed by atoms with E-state index in [0.29, 0.717) is 0 Å². The van der Waals surface area contributed by atoms with Gasteiger partial charge in [0, 0.05) is 12.5 Å². The molecule has 0 N–H and O–H groups in total. The topological polar surface area (TPSA) is 52.6 Å². The zero-order valence-electron chi connectivity index (χ0n) is 8.15. The quantitative estimate of drug-likeness (QED) is 0.616. The Labute approximate surface area is 81.9 Å². The van der Waals surface area contributed by atoms with Crippen molar-refractivity contribution in [2.24, 2.45) is 0 Å². The largest absolute Gasteiger partial charge is 0.484 e. The van der Waals surface area contributed by atoms with Crippen molar-refractivity contribution >= 4 is 11.6 Å². The molecule has 3 atom stereocenters. The van der Waals surface area contributed by atoms with Crippen LogP contribution in [0.4, 0.5) is 0 Å². The summed E-state index contributed by atoms with van der Waals surface area (Å²) in [6, 6.07) is 0. The van der Waals surface area contributed by atoms with Gasteiger partial charge in [-0.3, -0.25) is 9.59 Å². The molecular weight excluding hydrogens is 184 g/mol. The molecule has 2 aliphatic rings. The fraction of sp³-hybridized carbons (Fsp3) is 0.600. The molecule has 0 aliphatic carbocycles. The van der Waals surface area contributed by atoms with Gasteiger partial charge in [-0.15, -0.1) is 0 Å². The van der Waals surface area contributed by atoms with Gasteiger partial charge in [0.15, 0.2) is 11.4 Å². The Kier molecular flexibility index (Phi) is 1.96. The van der Waals surface area contributed by atoms with Crippen LogP contribution in [0.15, 0.2) is 12.3 Å². The lowest BCUT2D eigenvalue weighted by atomic mass is 9.92. The highest BCUT2D eigenvalue weighted by molar-refractivity contribution is 6.00. The lowest BCUT2D eigenvalue weighted by Crippen LogP contribution is -2.45. The van der Waals surface area contributed by atoms with E-state index in [9.17, 15) is 9.59 Å². The van der Waals surface area contributed by atoms with Crippen molar-refractivity contribution in [1.29, 1.82) is 0 Å². The minimum absolute atomic E-state index is 0.0273. The normalized spacial score (nSPS) is 41.9. The predicted octanol–water partition coefficient (Wildman–Crippen LogP) is 0.605. The van der Waals surface area contributed by atoms with Crippen LogP contribution < -0.4 is 0 Å². The van der Waals surface area contributed by atoms with E-state index in [1.54, 1.807) is 13.8 Å². The molecule has 2 rings (SSSR count). The summed E-state index contributed by atoms with van der Waals surface area (Å²) in [6.45, 7) is 3.35. The summed E-state index contributed by atoms with van der Waals surface area (Å²) in [5.41, 5.74) is -1.000. The standard InChI is InChI=1S/C10H12O4/c1-6-7(11)5-9(14-6)10(2)8(12)3-4-13-10/h3-4,6,9H,5H2,1-2H3. The third-order valence-electron chi connectivity index (χ3n) is 2.84. The molecule has 3 unspecified atom stereocenters. The van der Waals surface area contributed by atoms with E-state index in [1.807, 2.05) is 0 Å². The number of carbonyl (C=O) groups excluding carboxylic acids is 2. The van der Waals surface area contributed by atoms with Crippen LogP contribution in [0.5, 0.6) is 0 Å². The van der Waals surface area contributed by atoms with Crippen LogP contribution in [-0.2, 0) is 19.1 Å². The zero-order chi connectivity index (χ0) is 10.3. The second kappa shape index (κ2) is 2.92. The van der Waals surface area contributed by atoms with E-state index in [0.717, 1.165) is 0 Å². The molecule has 2 heterocycles. The molecule has 1 saturated heterocycles. The Morgan fingerprint density at radius 3 is 2.64 bits per heavy atom. The van der Waals surface area contributed by atoms with Crippen molar-refractivity contribution in [2.75, 3.05) is 0 Å². The number of hydrogen-bond acceptors (Lipinski definition) is 4. The first-order valence-corrected chi connectivity index (χ1v) is 4.61. The van der Waals surface area contributed by atoms with Crippen molar-refractivity contribution in [3.8, 4) is 0 Å². The number of Topliss-reactive ketones (excluding diaryl/α,β-unsaturated/α-hetero) is 1. The SMILES string of the molecule is CC1OC(C2(C)OC=CC2=O)CC1=O. The van der Waals surface area contributed by atoms with Crippen molar-refractivity contribution < 1.29 is 19.1 Å². The highest BCUT2D eigenvalue weighted by Gasteiger charge is 2.50. The number of ether oxygens (including phenoxy) is 2. The minimum Gasteiger partial charge on any atom is -0.484 e. The van der Waals surface area contributed by atoms with E-state index < -0.39 is 17.8 Å². The maximum Gasteiger partial charge on any atom is 0.204 e. The molecule has 0 radical (unpaired) electrons. The third-order valence-corrected chi connectivity index (χ3v) is 2.84. The maximum atomic E-state index is 11.5. The molecule has 14 heavy (non-hydrogen) atoms. The molecule has 0 aromatic carbocycles. The molecule has 0 bridgehead atoms. The fourth-order valence-corrected chi connectivity index (χ4v) is 1.74. The predicted molar refractivity (Wildman–Crippen MR) is 47.6 cm³/mol. The average molecular weight is 196 g/mol. The Morgan fingerprint density at radius 1 is 1.50 bits per heavy atom. The molecule has 0 saturated carbocycles. The van der Waals surface area contributed by atoms with E-state index in [2.05, 4.69) is 0 Å². The van der Waals surface area contributed by atoms with Gasteiger partial charge in [0.2, 0.25) is 5.78 Å². The Morgan fingerprint density at radius 2 is 2.21 bits per heavy atom. The van der Waals surface area contributed by atoms with Crippen LogP contribution in [0, 0.1) is 0 Å². The van der Waals surface area contributed by atoms with E-state index in [1.165, 1.54) is 12.3 Å². The summed E-state index contributed by atoms with van der Waals surface area (Å²) in [5, 5.41) is 0. The first-order chi connectivity index (χ1) is 6.54. The monoisotopic (exact) mass is 196 g/mol. The van der Waals surface area contributed by atoms with E-state index >= 15 is 0 Å². The first-order valence-electron chi connectivity index (χ1n) is 4.61. The van der Waals surface area contributed by atoms with Gasteiger partial charge in [0.05, 0.1) is 6.26 Å². The van der Waals surface area contributed by atoms with Crippen molar-refractivity contribution in [3.63, 3.8) is 0 Å². The second-order valence-corrected chi connectivity index (χ2v) is 3.83. The molecule has 76 valence electrons. The van der Waals surface area contributed by atoms with Gasteiger partial charge >= 0.3 is 0 Å². The summed E-state index contributed by atoms with van der Waals surface area (Å²) < 4.78 is 10.6.